The minimum atomic E-state index is -1.81. The van der Waals surface area contributed by atoms with Gasteiger partial charge in [-0.05, 0) is 37.5 Å². The van der Waals surface area contributed by atoms with Gasteiger partial charge in [0.2, 0.25) is 0 Å². The summed E-state index contributed by atoms with van der Waals surface area (Å²) in [6.07, 6.45) is 3.19. The van der Waals surface area contributed by atoms with Crippen molar-refractivity contribution >= 4 is 11.9 Å². The molecule has 26 heavy (non-hydrogen) atoms. The SMILES string of the molecule is C=CC(=O)OC(OC(=O)C(=C)C)(C(C)C)[C@@]1(O)C[C@H]2CC[C@]1(C)C2(C)C. The molecule has 0 aromatic carbocycles. The Hall–Kier alpha value is -1.62. The molecule has 0 spiro atoms. The molecule has 2 bridgehead atoms. The van der Waals surface area contributed by atoms with Crippen molar-refractivity contribution in [1.29, 1.82) is 0 Å². The maximum absolute atomic E-state index is 12.5. The van der Waals surface area contributed by atoms with E-state index in [1.165, 1.54) is 6.92 Å². The quantitative estimate of drug-likeness (QED) is 0.441. The first-order chi connectivity index (χ1) is 11.8. The summed E-state index contributed by atoms with van der Waals surface area (Å²) in [5, 5.41) is 12.0. The van der Waals surface area contributed by atoms with Gasteiger partial charge in [-0.1, -0.05) is 47.8 Å². The van der Waals surface area contributed by atoms with Crippen molar-refractivity contribution in [3.8, 4) is 0 Å². The maximum Gasteiger partial charge on any atom is 0.336 e. The van der Waals surface area contributed by atoms with E-state index in [4.69, 9.17) is 9.47 Å². The average molecular weight is 364 g/mol. The maximum atomic E-state index is 12.5. The fraction of sp³-hybridized carbons (Fsp3) is 0.714. The van der Waals surface area contributed by atoms with Gasteiger partial charge < -0.3 is 14.6 Å². The highest BCUT2D eigenvalue weighted by molar-refractivity contribution is 5.88. The van der Waals surface area contributed by atoms with Gasteiger partial charge in [-0.2, -0.15) is 0 Å². The molecule has 0 radical (unpaired) electrons. The lowest BCUT2D eigenvalue weighted by molar-refractivity contribution is -0.337. The van der Waals surface area contributed by atoms with Crippen molar-refractivity contribution in [3.05, 3.63) is 24.8 Å². The molecule has 2 saturated carbocycles. The molecule has 5 heteroatoms. The number of hydrogen-bond donors (Lipinski definition) is 1. The van der Waals surface area contributed by atoms with Crippen LogP contribution in [-0.2, 0) is 19.1 Å². The van der Waals surface area contributed by atoms with Gasteiger partial charge in [0.25, 0.3) is 5.79 Å². The van der Waals surface area contributed by atoms with E-state index in [9.17, 15) is 14.7 Å². The minimum Gasteiger partial charge on any atom is -0.416 e. The van der Waals surface area contributed by atoms with Crippen molar-refractivity contribution in [1.82, 2.24) is 0 Å². The zero-order chi connectivity index (χ0) is 20.1. The van der Waals surface area contributed by atoms with Crippen LogP contribution in [0.1, 0.15) is 60.8 Å². The molecule has 2 aliphatic carbocycles. The molecule has 0 aromatic rings. The Balaban J connectivity index is 2.66. The van der Waals surface area contributed by atoms with Crippen LogP contribution < -0.4 is 0 Å². The van der Waals surface area contributed by atoms with Crippen molar-refractivity contribution < 1.29 is 24.2 Å². The zero-order valence-corrected chi connectivity index (χ0v) is 16.8. The number of carbonyl (C=O) groups excluding carboxylic acids is 2. The second kappa shape index (κ2) is 6.22. The largest absolute Gasteiger partial charge is 0.416 e. The summed E-state index contributed by atoms with van der Waals surface area (Å²) >= 11 is 0. The third-order valence-corrected chi connectivity index (χ3v) is 7.24. The summed E-state index contributed by atoms with van der Waals surface area (Å²) in [4.78, 5) is 24.6. The van der Waals surface area contributed by atoms with Crippen LogP contribution in [0.5, 0.6) is 0 Å². The smallest absolute Gasteiger partial charge is 0.336 e. The lowest BCUT2D eigenvalue weighted by Crippen LogP contribution is -2.68. The molecule has 0 aromatic heterocycles. The minimum absolute atomic E-state index is 0.181. The van der Waals surface area contributed by atoms with E-state index >= 15 is 0 Å². The van der Waals surface area contributed by atoms with E-state index in [0.717, 1.165) is 18.9 Å². The van der Waals surface area contributed by atoms with Crippen LogP contribution in [0.4, 0.5) is 0 Å². The first-order valence-electron chi connectivity index (χ1n) is 9.25. The third kappa shape index (κ3) is 2.47. The lowest BCUT2D eigenvalue weighted by atomic mass is 9.60. The highest BCUT2D eigenvalue weighted by Crippen LogP contribution is 2.73. The Morgan fingerprint density at radius 3 is 2.19 bits per heavy atom. The van der Waals surface area contributed by atoms with Crippen LogP contribution in [0, 0.1) is 22.7 Å². The Bertz CT molecular complexity index is 649. The second-order valence-corrected chi connectivity index (χ2v) is 8.97. The van der Waals surface area contributed by atoms with Crippen LogP contribution >= 0.6 is 0 Å². The number of carbonyl (C=O) groups is 2. The van der Waals surface area contributed by atoms with E-state index in [-0.39, 0.29) is 16.9 Å². The van der Waals surface area contributed by atoms with Gasteiger partial charge in [0.1, 0.15) is 5.60 Å². The molecule has 0 amide bonds. The predicted octanol–water partition coefficient (Wildman–Crippen LogP) is 3.76. The molecule has 0 saturated heterocycles. The molecule has 2 fully saturated rings. The topological polar surface area (TPSA) is 72.8 Å². The van der Waals surface area contributed by atoms with Crippen LogP contribution in [0.3, 0.4) is 0 Å². The Morgan fingerprint density at radius 2 is 1.85 bits per heavy atom. The van der Waals surface area contributed by atoms with E-state index in [0.29, 0.717) is 6.42 Å². The first-order valence-corrected chi connectivity index (χ1v) is 9.25. The average Bonchev–Trinajstić information content (AvgIpc) is 2.85. The molecule has 2 rings (SSSR count). The van der Waals surface area contributed by atoms with Gasteiger partial charge in [0.05, 0.1) is 0 Å². The fourth-order valence-electron chi connectivity index (χ4n) is 5.12. The highest BCUT2D eigenvalue weighted by atomic mass is 16.7. The number of hydrogen-bond acceptors (Lipinski definition) is 5. The van der Waals surface area contributed by atoms with Crippen molar-refractivity contribution in [2.45, 2.75) is 72.2 Å². The molecule has 4 atom stereocenters. The number of rotatable bonds is 6. The lowest BCUT2D eigenvalue weighted by Gasteiger charge is -2.55. The Labute approximate surface area is 156 Å². The molecular weight excluding hydrogens is 332 g/mol. The summed E-state index contributed by atoms with van der Waals surface area (Å²) in [6, 6.07) is 0. The van der Waals surface area contributed by atoms with Gasteiger partial charge >= 0.3 is 11.9 Å². The van der Waals surface area contributed by atoms with Gasteiger partial charge in [-0.15, -0.1) is 0 Å². The summed E-state index contributed by atoms with van der Waals surface area (Å²) in [5.41, 5.74) is -2.09. The van der Waals surface area contributed by atoms with Crippen LogP contribution in [0.2, 0.25) is 0 Å². The Kier molecular flexibility index (Phi) is 4.95. The third-order valence-electron chi connectivity index (χ3n) is 7.24. The number of esters is 2. The van der Waals surface area contributed by atoms with Crippen LogP contribution in [-0.4, -0.2) is 28.4 Å². The molecule has 0 aliphatic heterocycles. The number of aliphatic hydroxyl groups is 1. The summed E-state index contributed by atoms with van der Waals surface area (Å²) in [5.74, 6) is -3.44. The Morgan fingerprint density at radius 1 is 1.27 bits per heavy atom. The van der Waals surface area contributed by atoms with E-state index in [1.54, 1.807) is 13.8 Å². The molecule has 1 N–H and O–H groups in total. The normalized spacial score (nSPS) is 34.2. The van der Waals surface area contributed by atoms with E-state index in [2.05, 4.69) is 27.0 Å². The van der Waals surface area contributed by atoms with Gasteiger partial charge in [-0.3, -0.25) is 0 Å². The van der Waals surface area contributed by atoms with Gasteiger partial charge in [0.15, 0.2) is 0 Å². The predicted molar refractivity (Wildman–Crippen MR) is 98.9 cm³/mol. The molecule has 2 aliphatic rings. The van der Waals surface area contributed by atoms with Crippen molar-refractivity contribution in [2.24, 2.45) is 22.7 Å². The van der Waals surface area contributed by atoms with E-state index < -0.39 is 34.7 Å². The summed E-state index contributed by atoms with van der Waals surface area (Å²) in [7, 11) is 0. The summed E-state index contributed by atoms with van der Waals surface area (Å²) < 4.78 is 11.4. The van der Waals surface area contributed by atoms with Crippen molar-refractivity contribution in [2.75, 3.05) is 0 Å². The van der Waals surface area contributed by atoms with Crippen molar-refractivity contribution in [3.63, 3.8) is 0 Å². The fourth-order valence-corrected chi connectivity index (χ4v) is 5.12. The highest BCUT2D eigenvalue weighted by Gasteiger charge is 2.78. The molecule has 146 valence electrons. The van der Waals surface area contributed by atoms with Crippen LogP contribution in [0.15, 0.2) is 24.8 Å². The number of fused-ring (bicyclic) bond motifs is 2. The number of ether oxygens (including phenoxy) is 2. The molecular formula is C21H32O5. The molecule has 1 unspecified atom stereocenters. The van der Waals surface area contributed by atoms with Gasteiger partial charge in [0, 0.05) is 23.0 Å². The van der Waals surface area contributed by atoms with Crippen LogP contribution in [0.25, 0.3) is 0 Å². The molecule has 0 heterocycles. The zero-order valence-electron chi connectivity index (χ0n) is 16.8. The summed E-state index contributed by atoms with van der Waals surface area (Å²) in [6.45, 7) is 18.4. The first kappa shape index (κ1) is 20.7. The standard InChI is InChI=1S/C21H32O5/c1-9-16(22)25-21(14(4)5,26-17(23)13(2)3)20(24)12-15-10-11-19(20,8)18(15,6)7/h9,14-15,24H,1-2,10-12H2,3-8H3/t15-,19-,20-,21?/m1/s1. The monoisotopic (exact) mass is 364 g/mol. The molecule has 5 nitrogen and oxygen atoms in total. The second-order valence-electron chi connectivity index (χ2n) is 8.97. The van der Waals surface area contributed by atoms with E-state index in [1.807, 2.05) is 6.92 Å². The van der Waals surface area contributed by atoms with Gasteiger partial charge in [-0.25, -0.2) is 9.59 Å².